The van der Waals surface area contributed by atoms with Crippen LogP contribution in [0.3, 0.4) is 0 Å². The van der Waals surface area contributed by atoms with Gasteiger partial charge in [0.2, 0.25) is 0 Å². The Balaban J connectivity index is 1.74. The third-order valence-corrected chi connectivity index (χ3v) is 3.37. The molecule has 3 heteroatoms. The summed E-state index contributed by atoms with van der Waals surface area (Å²) < 4.78 is 11.1. The monoisotopic (exact) mass is 257 g/mol. The van der Waals surface area contributed by atoms with E-state index in [1.165, 1.54) is 11.3 Å². The summed E-state index contributed by atoms with van der Waals surface area (Å²) in [5.74, 6) is 0. The first-order chi connectivity index (χ1) is 9.31. The molecule has 0 bridgehead atoms. The zero-order chi connectivity index (χ0) is 13.1. The SMILES string of the molecule is CC1=CCCC(Nc2cccc(C3OCCO3)c2)=C1. The summed E-state index contributed by atoms with van der Waals surface area (Å²) in [7, 11) is 0. The second kappa shape index (κ2) is 5.59. The standard InChI is InChI=1S/C16H19NO2/c1-12-4-2-6-14(10-12)17-15-7-3-5-13(11-15)16-18-8-9-19-16/h3-5,7,10-11,16-17H,2,6,8-9H2,1H3. The predicted molar refractivity (Wildman–Crippen MR) is 75.8 cm³/mol. The Bertz CT molecular complexity index is 513. The van der Waals surface area contributed by atoms with Crippen molar-refractivity contribution < 1.29 is 9.47 Å². The van der Waals surface area contributed by atoms with E-state index < -0.39 is 0 Å². The molecule has 0 atom stereocenters. The van der Waals surface area contributed by atoms with Crippen LogP contribution in [0.15, 0.2) is 47.7 Å². The van der Waals surface area contributed by atoms with Gasteiger partial charge in [-0.2, -0.15) is 0 Å². The maximum absolute atomic E-state index is 5.53. The van der Waals surface area contributed by atoms with Gasteiger partial charge in [0.05, 0.1) is 13.2 Å². The molecule has 3 nitrogen and oxygen atoms in total. The van der Waals surface area contributed by atoms with E-state index in [0.717, 1.165) is 24.1 Å². The van der Waals surface area contributed by atoms with E-state index in [9.17, 15) is 0 Å². The zero-order valence-corrected chi connectivity index (χ0v) is 11.2. The van der Waals surface area contributed by atoms with Crippen molar-refractivity contribution in [2.45, 2.75) is 26.1 Å². The maximum Gasteiger partial charge on any atom is 0.184 e. The van der Waals surface area contributed by atoms with Gasteiger partial charge in [0.25, 0.3) is 0 Å². The Morgan fingerprint density at radius 2 is 2.05 bits per heavy atom. The van der Waals surface area contributed by atoms with Crippen LogP contribution in [0, 0.1) is 0 Å². The summed E-state index contributed by atoms with van der Waals surface area (Å²) in [6.45, 7) is 3.49. The van der Waals surface area contributed by atoms with Crippen LogP contribution in [0.1, 0.15) is 31.6 Å². The number of anilines is 1. The van der Waals surface area contributed by atoms with Crippen LogP contribution in [-0.4, -0.2) is 13.2 Å². The normalized spacial score (nSPS) is 20.1. The quantitative estimate of drug-likeness (QED) is 0.894. The molecule has 2 aliphatic rings. The van der Waals surface area contributed by atoms with Crippen LogP contribution in [0.4, 0.5) is 5.69 Å². The van der Waals surface area contributed by atoms with E-state index in [0.29, 0.717) is 13.2 Å². The van der Waals surface area contributed by atoms with Crippen molar-refractivity contribution in [2.75, 3.05) is 18.5 Å². The first-order valence-electron chi connectivity index (χ1n) is 6.79. The number of rotatable bonds is 3. The molecule has 1 N–H and O–H groups in total. The highest BCUT2D eigenvalue weighted by Gasteiger charge is 2.18. The Kier molecular flexibility index (Phi) is 3.67. The highest BCUT2D eigenvalue weighted by atomic mass is 16.7. The second-order valence-electron chi connectivity index (χ2n) is 4.98. The Morgan fingerprint density at radius 1 is 1.21 bits per heavy atom. The maximum atomic E-state index is 5.53. The molecular weight excluding hydrogens is 238 g/mol. The van der Waals surface area contributed by atoms with E-state index in [-0.39, 0.29) is 6.29 Å². The second-order valence-corrected chi connectivity index (χ2v) is 4.98. The lowest BCUT2D eigenvalue weighted by Gasteiger charge is -2.16. The van der Waals surface area contributed by atoms with Gasteiger partial charge in [0.1, 0.15) is 0 Å². The lowest BCUT2D eigenvalue weighted by Crippen LogP contribution is -2.04. The van der Waals surface area contributed by atoms with Crippen molar-refractivity contribution in [2.24, 2.45) is 0 Å². The van der Waals surface area contributed by atoms with Gasteiger partial charge < -0.3 is 14.8 Å². The Labute approximate surface area is 113 Å². The lowest BCUT2D eigenvalue weighted by molar-refractivity contribution is -0.0440. The summed E-state index contributed by atoms with van der Waals surface area (Å²) in [5, 5.41) is 3.48. The fourth-order valence-corrected chi connectivity index (χ4v) is 2.46. The molecule has 0 amide bonds. The number of benzene rings is 1. The van der Waals surface area contributed by atoms with E-state index in [2.05, 4.69) is 36.5 Å². The van der Waals surface area contributed by atoms with Crippen molar-refractivity contribution in [1.29, 1.82) is 0 Å². The smallest absolute Gasteiger partial charge is 0.184 e. The molecule has 0 aromatic heterocycles. The number of allylic oxidation sites excluding steroid dienone is 4. The molecule has 0 spiro atoms. The van der Waals surface area contributed by atoms with E-state index >= 15 is 0 Å². The van der Waals surface area contributed by atoms with Gasteiger partial charge in [-0.1, -0.05) is 23.8 Å². The molecule has 0 saturated carbocycles. The fourth-order valence-electron chi connectivity index (χ4n) is 2.46. The van der Waals surface area contributed by atoms with Crippen LogP contribution in [0.5, 0.6) is 0 Å². The van der Waals surface area contributed by atoms with E-state index in [4.69, 9.17) is 9.47 Å². The Morgan fingerprint density at radius 3 is 2.84 bits per heavy atom. The van der Waals surface area contributed by atoms with Gasteiger partial charge in [-0.25, -0.2) is 0 Å². The van der Waals surface area contributed by atoms with Crippen LogP contribution < -0.4 is 5.32 Å². The average molecular weight is 257 g/mol. The van der Waals surface area contributed by atoms with Crippen molar-refractivity contribution in [3.8, 4) is 0 Å². The van der Waals surface area contributed by atoms with Gasteiger partial charge in [0.15, 0.2) is 6.29 Å². The van der Waals surface area contributed by atoms with E-state index in [1.807, 2.05) is 12.1 Å². The molecule has 1 aromatic rings. The average Bonchev–Trinajstić information content (AvgIpc) is 2.93. The highest BCUT2D eigenvalue weighted by Crippen LogP contribution is 2.26. The molecule has 0 unspecified atom stereocenters. The van der Waals surface area contributed by atoms with E-state index in [1.54, 1.807) is 0 Å². The Hall–Kier alpha value is -1.58. The van der Waals surface area contributed by atoms with Crippen molar-refractivity contribution in [3.63, 3.8) is 0 Å². The number of nitrogens with one attached hydrogen (secondary N) is 1. The molecule has 1 fully saturated rings. The molecule has 1 saturated heterocycles. The predicted octanol–water partition coefficient (Wildman–Crippen LogP) is 3.77. The molecular formula is C16H19NO2. The summed E-state index contributed by atoms with van der Waals surface area (Å²) in [6, 6.07) is 8.26. The minimum absolute atomic E-state index is 0.205. The summed E-state index contributed by atoms with van der Waals surface area (Å²) in [4.78, 5) is 0. The minimum Gasteiger partial charge on any atom is -0.359 e. The third kappa shape index (κ3) is 3.06. The third-order valence-electron chi connectivity index (χ3n) is 3.37. The van der Waals surface area contributed by atoms with Crippen molar-refractivity contribution in [1.82, 2.24) is 0 Å². The van der Waals surface area contributed by atoms with Crippen LogP contribution in [-0.2, 0) is 9.47 Å². The van der Waals surface area contributed by atoms with Crippen LogP contribution in [0.25, 0.3) is 0 Å². The molecule has 1 heterocycles. The van der Waals surface area contributed by atoms with Gasteiger partial charge in [-0.05, 0) is 38.0 Å². The summed E-state index contributed by atoms with van der Waals surface area (Å²) in [6.07, 6.45) is 6.45. The molecule has 19 heavy (non-hydrogen) atoms. The first kappa shape index (κ1) is 12.5. The van der Waals surface area contributed by atoms with Crippen LogP contribution in [0.2, 0.25) is 0 Å². The highest BCUT2D eigenvalue weighted by molar-refractivity contribution is 5.52. The molecule has 100 valence electrons. The van der Waals surface area contributed by atoms with Gasteiger partial charge in [-0.3, -0.25) is 0 Å². The number of hydrogen-bond acceptors (Lipinski definition) is 3. The summed E-state index contributed by atoms with van der Waals surface area (Å²) in [5.41, 5.74) is 4.77. The largest absolute Gasteiger partial charge is 0.359 e. The van der Waals surface area contributed by atoms with Crippen LogP contribution >= 0.6 is 0 Å². The van der Waals surface area contributed by atoms with Gasteiger partial charge in [-0.15, -0.1) is 0 Å². The fraction of sp³-hybridized carbons (Fsp3) is 0.375. The topological polar surface area (TPSA) is 30.5 Å². The minimum atomic E-state index is -0.205. The lowest BCUT2D eigenvalue weighted by atomic mass is 10.1. The molecule has 3 rings (SSSR count). The molecule has 0 radical (unpaired) electrons. The molecule has 1 aliphatic carbocycles. The van der Waals surface area contributed by atoms with Gasteiger partial charge >= 0.3 is 0 Å². The van der Waals surface area contributed by atoms with Crippen molar-refractivity contribution >= 4 is 5.69 Å². The molecule has 1 aliphatic heterocycles. The molecule has 1 aromatic carbocycles. The first-order valence-corrected chi connectivity index (χ1v) is 6.79. The van der Waals surface area contributed by atoms with Gasteiger partial charge in [0, 0.05) is 16.9 Å². The number of hydrogen-bond donors (Lipinski definition) is 1. The van der Waals surface area contributed by atoms with Crippen molar-refractivity contribution in [3.05, 3.63) is 53.3 Å². The number of ether oxygens (including phenoxy) is 2. The zero-order valence-electron chi connectivity index (χ0n) is 11.2. The summed E-state index contributed by atoms with van der Waals surface area (Å²) >= 11 is 0.